The van der Waals surface area contributed by atoms with Crippen LogP contribution >= 0.6 is 0 Å². The van der Waals surface area contributed by atoms with E-state index in [1.165, 1.54) is 19.3 Å². The number of H-pyrrole nitrogens is 1. The Labute approximate surface area is 119 Å². The van der Waals surface area contributed by atoms with Crippen molar-refractivity contribution in [3.05, 3.63) is 30.0 Å². The van der Waals surface area contributed by atoms with Gasteiger partial charge in [-0.05, 0) is 30.7 Å². The first-order chi connectivity index (χ1) is 9.70. The number of esters is 1. The van der Waals surface area contributed by atoms with Gasteiger partial charge in [-0.3, -0.25) is 0 Å². The van der Waals surface area contributed by atoms with Crippen molar-refractivity contribution in [2.45, 2.75) is 39.0 Å². The van der Waals surface area contributed by atoms with Crippen LogP contribution in [0.4, 0.5) is 5.69 Å². The number of rotatable bonds is 7. The molecular weight excluding hydrogens is 252 g/mol. The van der Waals surface area contributed by atoms with E-state index in [0.717, 1.165) is 23.7 Å². The first kappa shape index (κ1) is 14.4. The second-order valence-corrected chi connectivity index (χ2v) is 5.08. The van der Waals surface area contributed by atoms with Crippen LogP contribution in [0, 0.1) is 0 Å². The van der Waals surface area contributed by atoms with Gasteiger partial charge in [0.15, 0.2) is 0 Å². The Bertz CT molecular complexity index is 575. The molecule has 0 saturated carbocycles. The van der Waals surface area contributed by atoms with Crippen LogP contribution in [0.2, 0.25) is 0 Å². The lowest BCUT2D eigenvalue weighted by Gasteiger charge is -2.03. The molecule has 0 aliphatic carbocycles. The molecule has 108 valence electrons. The van der Waals surface area contributed by atoms with Gasteiger partial charge in [-0.25, -0.2) is 4.79 Å². The molecule has 4 nitrogen and oxygen atoms in total. The molecule has 0 unspecified atom stereocenters. The third-order valence-corrected chi connectivity index (χ3v) is 3.35. The fourth-order valence-electron chi connectivity index (χ4n) is 2.21. The summed E-state index contributed by atoms with van der Waals surface area (Å²) >= 11 is 0. The summed E-state index contributed by atoms with van der Waals surface area (Å²) in [6, 6.07) is 7.30. The molecule has 1 aromatic heterocycles. The van der Waals surface area contributed by atoms with E-state index in [-0.39, 0.29) is 5.97 Å². The van der Waals surface area contributed by atoms with E-state index in [1.54, 1.807) is 6.07 Å². The Morgan fingerprint density at radius 3 is 2.80 bits per heavy atom. The third kappa shape index (κ3) is 3.76. The number of carbonyl (C=O) groups excluding carboxylic acids is 1. The van der Waals surface area contributed by atoms with Crippen LogP contribution in [0.15, 0.2) is 24.3 Å². The summed E-state index contributed by atoms with van der Waals surface area (Å²) in [6.07, 6.45) is 5.72. The van der Waals surface area contributed by atoms with E-state index in [4.69, 9.17) is 10.5 Å². The van der Waals surface area contributed by atoms with Gasteiger partial charge < -0.3 is 15.5 Å². The van der Waals surface area contributed by atoms with Gasteiger partial charge in [0.25, 0.3) is 0 Å². The molecular formula is C16H22N2O2. The van der Waals surface area contributed by atoms with Crippen molar-refractivity contribution in [3.63, 3.8) is 0 Å². The van der Waals surface area contributed by atoms with Crippen LogP contribution in [-0.4, -0.2) is 17.6 Å². The number of ether oxygens (including phenoxy) is 1. The lowest BCUT2D eigenvalue weighted by molar-refractivity contribution is 0.0492. The molecule has 0 amide bonds. The molecule has 0 saturated heterocycles. The molecule has 0 aliphatic rings. The molecule has 0 bridgehead atoms. The predicted molar refractivity (Wildman–Crippen MR) is 81.8 cm³/mol. The Hall–Kier alpha value is -1.97. The van der Waals surface area contributed by atoms with Gasteiger partial charge in [-0.1, -0.05) is 32.6 Å². The zero-order valence-corrected chi connectivity index (χ0v) is 11.9. The van der Waals surface area contributed by atoms with Gasteiger partial charge in [0.1, 0.15) is 5.69 Å². The van der Waals surface area contributed by atoms with Gasteiger partial charge in [-0.15, -0.1) is 0 Å². The van der Waals surface area contributed by atoms with Crippen LogP contribution in [0.5, 0.6) is 0 Å². The number of hydrogen-bond acceptors (Lipinski definition) is 3. The number of unbranched alkanes of at least 4 members (excludes halogenated alkanes) is 4. The molecule has 1 heterocycles. The second kappa shape index (κ2) is 6.98. The summed E-state index contributed by atoms with van der Waals surface area (Å²) in [7, 11) is 0. The van der Waals surface area contributed by atoms with E-state index < -0.39 is 0 Å². The summed E-state index contributed by atoms with van der Waals surface area (Å²) in [6.45, 7) is 2.67. The number of nitrogens with one attached hydrogen (secondary N) is 1. The van der Waals surface area contributed by atoms with Crippen LogP contribution in [-0.2, 0) is 4.74 Å². The maximum atomic E-state index is 11.9. The maximum Gasteiger partial charge on any atom is 0.354 e. The summed E-state index contributed by atoms with van der Waals surface area (Å²) < 4.78 is 5.27. The van der Waals surface area contributed by atoms with Gasteiger partial charge in [0.2, 0.25) is 0 Å². The number of nitrogen functional groups attached to an aromatic ring is 1. The van der Waals surface area contributed by atoms with Crippen molar-refractivity contribution in [1.29, 1.82) is 0 Å². The molecule has 0 fully saturated rings. The quantitative estimate of drug-likeness (QED) is 0.457. The van der Waals surface area contributed by atoms with Crippen LogP contribution in [0.3, 0.4) is 0 Å². The number of hydrogen-bond donors (Lipinski definition) is 2. The molecule has 1 aromatic carbocycles. The number of anilines is 1. The number of benzene rings is 1. The van der Waals surface area contributed by atoms with Crippen molar-refractivity contribution >= 4 is 22.6 Å². The van der Waals surface area contributed by atoms with E-state index in [1.807, 2.05) is 18.2 Å². The van der Waals surface area contributed by atoms with Gasteiger partial charge in [-0.2, -0.15) is 0 Å². The van der Waals surface area contributed by atoms with E-state index in [0.29, 0.717) is 18.0 Å². The first-order valence-corrected chi connectivity index (χ1v) is 7.26. The van der Waals surface area contributed by atoms with Crippen molar-refractivity contribution in [2.24, 2.45) is 0 Å². The minimum Gasteiger partial charge on any atom is -0.461 e. The molecule has 2 aromatic rings. The van der Waals surface area contributed by atoms with E-state index in [2.05, 4.69) is 11.9 Å². The van der Waals surface area contributed by atoms with E-state index in [9.17, 15) is 4.79 Å². The zero-order chi connectivity index (χ0) is 14.4. The lowest BCUT2D eigenvalue weighted by Crippen LogP contribution is -2.06. The highest BCUT2D eigenvalue weighted by molar-refractivity contribution is 5.95. The molecule has 4 heteroatoms. The first-order valence-electron chi connectivity index (χ1n) is 7.26. The summed E-state index contributed by atoms with van der Waals surface area (Å²) in [4.78, 5) is 15.0. The average Bonchev–Trinajstić information content (AvgIpc) is 2.85. The molecule has 0 aliphatic heterocycles. The van der Waals surface area contributed by atoms with Crippen LogP contribution in [0.1, 0.15) is 49.5 Å². The molecule has 0 radical (unpaired) electrons. The second-order valence-electron chi connectivity index (χ2n) is 5.08. The highest BCUT2D eigenvalue weighted by Crippen LogP contribution is 2.18. The number of aromatic nitrogens is 1. The smallest absolute Gasteiger partial charge is 0.354 e. The lowest BCUT2D eigenvalue weighted by atomic mass is 10.2. The molecule has 0 spiro atoms. The summed E-state index contributed by atoms with van der Waals surface area (Å²) in [5.74, 6) is -0.296. The highest BCUT2D eigenvalue weighted by atomic mass is 16.5. The van der Waals surface area contributed by atoms with Gasteiger partial charge in [0, 0.05) is 16.6 Å². The predicted octanol–water partition coefficient (Wildman–Crippen LogP) is 3.88. The largest absolute Gasteiger partial charge is 0.461 e. The highest BCUT2D eigenvalue weighted by Gasteiger charge is 2.10. The third-order valence-electron chi connectivity index (χ3n) is 3.35. The van der Waals surface area contributed by atoms with Gasteiger partial charge >= 0.3 is 5.97 Å². The molecule has 2 rings (SSSR count). The van der Waals surface area contributed by atoms with Crippen molar-refractivity contribution in [3.8, 4) is 0 Å². The van der Waals surface area contributed by atoms with Crippen molar-refractivity contribution in [2.75, 3.05) is 12.3 Å². The minimum atomic E-state index is -0.296. The van der Waals surface area contributed by atoms with Crippen molar-refractivity contribution in [1.82, 2.24) is 4.98 Å². The molecule has 3 N–H and O–H groups in total. The van der Waals surface area contributed by atoms with E-state index >= 15 is 0 Å². The average molecular weight is 274 g/mol. The van der Waals surface area contributed by atoms with Crippen molar-refractivity contribution < 1.29 is 9.53 Å². The number of fused-ring (bicyclic) bond motifs is 1. The SMILES string of the molecule is CCCCCCCOC(=O)c1cc2cc(N)ccc2[nH]1. The number of aromatic amines is 1. The minimum absolute atomic E-state index is 0.296. The number of carbonyl (C=O) groups is 1. The maximum absolute atomic E-state index is 11.9. The Morgan fingerprint density at radius 1 is 1.20 bits per heavy atom. The fraction of sp³-hybridized carbons (Fsp3) is 0.438. The summed E-state index contributed by atoms with van der Waals surface area (Å²) in [5.41, 5.74) is 7.79. The van der Waals surface area contributed by atoms with Gasteiger partial charge in [0.05, 0.1) is 6.61 Å². The van der Waals surface area contributed by atoms with Crippen LogP contribution < -0.4 is 5.73 Å². The Balaban J connectivity index is 1.85. The molecule has 20 heavy (non-hydrogen) atoms. The standard InChI is InChI=1S/C16H22N2O2/c1-2-3-4-5-6-9-20-16(19)15-11-12-10-13(17)7-8-14(12)18-15/h7-8,10-11,18H,2-6,9,17H2,1H3. The number of nitrogens with two attached hydrogens (primary N) is 1. The topological polar surface area (TPSA) is 68.1 Å². The fourth-order valence-corrected chi connectivity index (χ4v) is 2.21. The summed E-state index contributed by atoms with van der Waals surface area (Å²) in [5, 5.41) is 0.930. The molecule has 0 atom stereocenters. The zero-order valence-electron chi connectivity index (χ0n) is 11.9. The monoisotopic (exact) mass is 274 g/mol. The Morgan fingerprint density at radius 2 is 2.00 bits per heavy atom. The normalized spacial score (nSPS) is 10.8. The Kier molecular flexibility index (Phi) is 5.04. The van der Waals surface area contributed by atoms with Crippen LogP contribution in [0.25, 0.3) is 10.9 Å².